The van der Waals surface area contributed by atoms with Gasteiger partial charge in [0.1, 0.15) is 6.17 Å². The SMILES string of the molecule is CCCCCCCCCCCCCN1C=CN(CCCCCCC)C1CCCCCCCCC. The first-order valence-corrected chi connectivity index (χ1v) is 16.0. The van der Waals surface area contributed by atoms with E-state index in [4.69, 9.17) is 0 Å². The Morgan fingerprint density at radius 3 is 1.03 bits per heavy atom. The molecular formula is C32H64N2. The Morgan fingerprint density at radius 2 is 0.676 bits per heavy atom. The van der Waals surface area contributed by atoms with Crippen molar-refractivity contribution in [3.8, 4) is 0 Å². The van der Waals surface area contributed by atoms with Crippen LogP contribution in [0.1, 0.15) is 175 Å². The molecule has 2 heteroatoms. The molecule has 1 atom stereocenters. The van der Waals surface area contributed by atoms with E-state index >= 15 is 0 Å². The predicted octanol–water partition coefficient (Wildman–Crippen LogP) is 10.8. The van der Waals surface area contributed by atoms with Crippen LogP contribution >= 0.6 is 0 Å². The summed E-state index contributed by atoms with van der Waals surface area (Å²) in [6.07, 6.45) is 39.5. The van der Waals surface area contributed by atoms with Gasteiger partial charge in [-0.3, -0.25) is 0 Å². The summed E-state index contributed by atoms with van der Waals surface area (Å²) >= 11 is 0. The first-order valence-electron chi connectivity index (χ1n) is 16.0. The summed E-state index contributed by atoms with van der Waals surface area (Å²) in [5.74, 6) is 0. The van der Waals surface area contributed by atoms with Gasteiger partial charge < -0.3 is 9.80 Å². The first-order chi connectivity index (χ1) is 16.8. The standard InChI is InChI=1S/C32H64N2/c1-4-7-10-13-15-16-17-18-20-23-26-29-34-31-30-33(28-25-22-12-9-6-3)32(34)27-24-21-19-14-11-8-5-2/h30-32H,4-29H2,1-3H3. The van der Waals surface area contributed by atoms with Crippen molar-refractivity contribution in [3.05, 3.63) is 12.4 Å². The zero-order valence-corrected chi connectivity index (χ0v) is 24.0. The van der Waals surface area contributed by atoms with Crippen LogP contribution in [-0.4, -0.2) is 29.1 Å². The van der Waals surface area contributed by atoms with Crippen LogP contribution in [0.2, 0.25) is 0 Å². The molecule has 1 aliphatic rings. The summed E-state index contributed by atoms with van der Waals surface area (Å²) in [7, 11) is 0. The van der Waals surface area contributed by atoms with E-state index < -0.39 is 0 Å². The van der Waals surface area contributed by atoms with Gasteiger partial charge in [0, 0.05) is 25.5 Å². The molecule has 2 nitrogen and oxygen atoms in total. The van der Waals surface area contributed by atoms with E-state index in [-0.39, 0.29) is 0 Å². The minimum Gasteiger partial charge on any atom is -0.356 e. The van der Waals surface area contributed by atoms with E-state index in [1.54, 1.807) is 0 Å². The van der Waals surface area contributed by atoms with Crippen molar-refractivity contribution in [1.82, 2.24) is 9.80 Å². The van der Waals surface area contributed by atoms with E-state index in [9.17, 15) is 0 Å². The third kappa shape index (κ3) is 16.9. The van der Waals surface area contributed by atoms with E-state index in [0.29, 0.717) is 6.17 Å². The normalized spacial score (nSPS) is 15.7. The Morgan fingerprint density at radius 1 is 0.382 bits per heavy atom. The lowest BCUT2D eigenvalue weighted by molar-refractivity contribution is 0.135. The van der Waals surface area contributed by atoms with Crippen LogP contribution in [0, 0.1) is 0 Å². The molecule has 0 aromatic carbocycles. The molecule has 0 aliphatic carbocycles. The topological polar surface area (TPSA) is 6.48 Å². The minimum absolute atomic E-state index is 0.643. The van der Waals surface area contributed by atoms with Crippen LogP contribution in [0.3, 0.4) is 0 Å². The second-order valence-corrected chi connectivity index (χ2v) is 11.1. The molecule has 202 valence electrons. The highest BCUT2D eigenvalue weighted by Crippen LogP contribution is 2.24. The van der Waals surface area contributed by atoms with Crippen LogP contribution in [0.25, 0.3) is 0 Å². The molecule has 1 aliphatic heterocycles. The second-order valence-electron chi connectivity index (χ2n) is 11.1. The van der Waals surface area contributed by atoms with Crippen LogP contribution in [0.5, 0.6) is 0 Å². The van der Waals surface area contributed by atoms with Crippen molar-refractivity contribution >= 4 is 0 Å². The molecule has 1 rings (SSSR count). The molecule has 0 saturated heterocycles. The molecule has 0 N–H and O–H groups in total. The van der Waals surface area contributed by atoms with Gasteiger partial charge >= 0.3 is 0 Å². The molecule has 0 fully saturated rings. The zero-order valence-electron chi connectivity index (χ0n) is 24.0. The van der Waals surface area contributed by atoms with Gasteiger partial charge in [0.2, 0.25) is 0 Å². The zero-order chi connectivity index (χ0) is 24.5. The van der Waals surface area contributed by atoms with Gasteiger partial charge in [-0.05, 0) is 25.7 Å². The van der Waals surface area contributed by atoms with Gasteiger partial charge in [0.25, 0.3) is 0 Å². The summed E-state index contributed by atoms with van der Waals surface area (Å²) in [5, 5.41) is 0. The van der Waals surface area contributed by atoms with E-state index in [1.165, 1.54) is 167 Å². The molecule has 0 saturated carbocycles. The third-order valence-electron chi connectivity index (χ3n) is 7.82. The smallest absolute Gasteiger partial charge is 0.101 e. The highest BCUT2D eigenvalue weighted by atomic mass is 15.4. The van der Waals surface area contributed by atoms with Crippen LogP contribution < -0.4 is 0 Å². The average molecular weight is 477 g/mol. The van der Waals surface area contributed by atoms with Gasteiger partial charge in [-0.2, -0.15) is 0 Å². The summed E-state index contributed by atoms with van der Waals surface area (Å²) in [6, 6.07) is 0. The van der Waals surface area contributed by atoms with Gasteiger partial charge in [-0.15, -0.1) is 0 Å². The highest BCUT2D eigenvalue weighted by molar-refractivity contribution is 4.97. The lowest BCUT2D eigenvalue weighted by Gasteiger charge is -2.33. The van der Waals surface area contributed by atoms with E-state index in [2.05, 4.69) is 43.0 Å². The molecule has 0 radical (unpaired) electrons. The fourth-order valence-corrected chi connectivity index (χ4v) is 5.48. The summed E-state index contributed by atoms with van der Waals surface area (Å²) in [4.78, 5) is 5.37. The van der Waals surface area contributed by atoms with Gasteiger partial charge in [0.15, 0.2) is 0 Å². The Hall–Kier alpha value is -0.660. The number of hydrogen-bond acceptors (Lipinski definition) is 2. The molecule has 34 heavy (non-hydrogen) atoms. The van der Waals surface area contributed by atoms with Crippen LogP contribution in [0.15, 0.2) is 12.4 Å². The highest BCUT2D eigenvalue weighted by Gasteiger charge is 2.24. The van der Waals surface area contributed by atoms with Gasteiger partial charge in [0.05, 0.1) is 0 Å². The maximum Gasteiger partial charge on any atom is 0.101 e. The Kier molecular flexibility index (Phi) is 22.2. The fraction of sp³-hybridized carbons (Fsp3) is 0.938. The maximum atomic E-state index is 2.69. The summed E-state index contributed by atoms with van der Waals surface area (Å²) in [5.41, 5.74) is 0. The Balaban J connectivity index is 2.21. The second kappa shape index (κ2) is 24.1. The molecule has 0 aromatic rings. The van der Waals surface area contributed by atoms with Crippen molar-refractivity contribution < 1.29 is 0 Å². The maximum absolute atomic E-state index is 2.69. The molecule has 0 bridgehead atoms. The van der Waals surface area contributed by atoms with Crippen molar-refractivity contribution in [1.29, 1.82) is 0 Å². The Bertz CT molecular complexity index is 433. The van der Waals surface area contributed by atoms with Crippen molar-refractivity contribution in [2.45, 2.75) is 181 Å². The fourth-order valence-electron chi connectivity index (χ4n) is 5.48. The van der Waals surface area contributed by atoms with Crippen LogP contribution in [-0.2, 0) is 0 Å². The number of unbranched alkanes of at least 4 members (excludes halogenated alkanes) is 20. The quantitative estimate of drug-likeness (QED) is 0.114. The van der Waals surface area contributed by atoms with Crippen molar-refractivity contribution in [2.24, 2.45) is 0 Å². The monoisotopic (exact) mass is 477 g/mol. The van der Waals surface area contributed by atoms with Gasteiger partial charge in [-0.25, -0.2) is 0 Å². The van der Waals surface area contributed by atoms with Crippen LogP contribution in [0.4, 0.5) is 0 Å². The van der Waals surface area contributed by atoms with Gasteiger partial charge in [-0.1, -0.05) is 149 Å². The first kappa shape index (κ1) is 31.4. The number of rotatable bonds is 26. The lowest BCUT2D eigenvalue weighted by Crippen LogP contribution is -2.39. The number of hydrogen-bond donors (Lipinski definition) is 0. The molecular weight excluding hydrogens is 412 g/mol. The summed E-state index contributed by atoms with van der Waals surface area (Å²) in [6.45, 7) is 9.46. The minimum atomic E-state index is 0.643. The van der Waals surface area contributed by atoms with E-state index in [0.717, 1.165) is 0 Å². The molecule has 1 unspecified atom stereocenters. The molecule has 1 heterocycles. The largest absolute Gasteiger partial charge is 0.356 e. The molecule has 0 aromatic heterocycles. The average Bonchev–Trinajstić information content (AvgIpc) is 3.23. The number of nitrogens with zero attached hydrogens (tertiary/aromatic N) is 2. The summed E-state index contributed by atoms with van der Waals surface area (Å²) < 4.78 is 0. The third-order valence-corrected chi connectivity index (χ3v) is 7.82. The van der Waals surface area contributed by atoms with Crippen molar-refractivity contribution in [2.75, 3.05) is 13.1 Å². The lowest BCUT2D eigenvalue weighted by atomic mass is 10.1. The molecule has 0 amide bonds. The predicted molar refractivity (Wildman–Crippen MR) is 154 cm³/mol. The Labute approximate surface area is 216 Å². The van der Waals surface area contributed by atoms with E-state index in [1.807, 2.05) is 0 Å². The molecule has 0 spiro atoms. The van der Waals surface area contributed by atoms with Crippen molar-refractivity contribution in [3.63, 3.8) is 0 Å².